The summed E-state index contributed by atoms with van der Waals surface area (Å²) in [6, 6.07) is 10.8. The summed E-state index contributed by atoms with van der Waals surface area (Å²) in [5, 5.41) is 4.46. The molecule has 21 heavy (non-hydrogen) atoms. The molecular weight excluding hydrogens is 258 g/mol. The van der Waals surface area contributed by atoms with Gasteiger partial charge in [-0.3, -0.25) is 9.58 Å². The predicted octanol–water partition coefficient (Wildman–Crippen LogP) is 3.70. The van der Waals surface area contributed by atoms with Crippen molar-refractivity contribution in [3.8, 4) is 0 Å². The second kappa shape index (κ2) is 6.90. The molecule has 3 heteroatoms. The normalized spacial score (nSPS) is 11.6. The van der Waals surface area contributed by atoms with E-state index in [9.17, 15) is 0 Å². The number of benzene rings is 1. The van der Waals surface area contributed by atoms with E-state index in [1.165, 1.54) is 16.8 Å². The van der Waals surface area contributed by atoms with Crippen molar-refractivity contribution in [1.82, 2.24) is 14.7 Å². The smallest absolute Gasteiger partial charge is 0.0597 e. The quantitative estimate of drug-likeness (QED) is 0.807. The van der Waals surface area contributed by atoms with E-state index < -0.39 is 0 Å². The van der Waals surface area contributed by atoms with Gasteiger partial charge in [-0.2, -0.15) is 5.10 Å². The molecule has 0 bridgehead atoms. The van der Waals surface area contributed by atoms with E-state index in [0.29, 0.717) is 5.92 Å². The molecule has 0 N–H and O–H groups in total. The molecule has 1 aromatic carbocycles. The van der Waals surface area contributed by atoms with Gasteiger partial charge < -0.3 is 0 Å². The Hall–Kier alpha value is -1.61. The zero-order valence-electron chi connectivity index (χ0n) is 13.9. The maximum atomic E-state index is 4.46. The molecule has 3 nitrogen and oxygen atoms in total. The lowest BCUT2D eigenvalue weighted by atomic mass is 10.1. The van der Waals surface area contributed by atoms with Crippen molar-refractivity contribution in [2.24, 2.45) is 13.0 Å². The second-order valence-corrected chi connectivity index (χ2v) is 6.39. The van der Waals surface area contributed by atoms with Crippen LogP contribution in [0.2, 0.25) is 0 Å². The lowest BCUT2D eigenvalue weighted by Gasteiger charge is -2.25. The van der Waals surface area contributed by atoms with Crippen molar-refractivity contribution < 1.29 is 0 Å². The fraction of sp³-hybridized carbons (Fsp3) is 0.500. The standard InChI is InChI=1S/C18H27N3/c1-14(2)11-21(12-17-9-7-6-8-15(17)3)13-18-10-16(4)19-20(18)5/h6-10,14H,11-13H2,1-5H3. The van der Waals surface area contributed by atoms with Crippen LogP contribution < -0.4 is 0 Å². The molecule has 0 aliphatic carbocycles. The molecule has 114 valence electrons. The monoisotopic (exact) mass is 285 g/mol. The molecule has 0 unspecified atom stereocenters. The lowest BCUT2D eigenvalue weighted by molar-refractivity contribution is 0.221. The number of nitrogens with zero attached hydrogens (tertiary/aromatic N) is 3. The van der Waals surface area contributed by atoms with Gasteiger partial charge in [0.2, 0.25) is 0 Å². The first kappa shape index (κ1) is 15.8. The molecule has 0 saturated carbocycles. The van der Waals surface area contributed by atoms with Crippen molar-refractivity contribution in [2.75, 3.05) is 6.54 Å². The van der Waals surface area contributed by atoms with Gasteiger partial charge >= 0.3 is 0 Å². The molecule has 1 heterocycles. The summed E-state index contributed by atoms with van der Waals surface area (Å²) in [5.74, 6) is 0.656. The highest BCUT2D eigenvalue weighted by Gasteiger charge is 2.13. The van der Waals surface area contributed by atoms with Crippen LogP contribution in [0.3, 0.4) is 0 Å². The van der Waals surface area contributed by atoms with Gasteiger partial charge in [0.15, 0.2) is 0 Å². The van der Waals surface area contributed by atoms with Crippen molar-refractivity contribution >= 4 is 0 Å². The molecule has 0 amide bonds. The van der Waals surface area contributed by atoms with E-state index >= 15 is 0 Å². The van der Waals surface area contributed by atoms with E-state index in [2.05, 4.69) is 68.0 Å². The number of hydrogen-bond acceptors (Lipinski definition) is 2. The van der Waals surface area contributed by atoms with E-state index in [1.807, 2.05) is 11.7 Å². The van der Waals surface area contributed by atoms with Crippen molar-refractivity contribution in [3.63, 3.8) is 0 Å². The average Bonchev–Trinajstić information content (AvgIpc) is 2.70. The summed E-state index contributed by atoms with van der Waals surface area (Å²) >= 11 is 0. The summed E-state index contributed by atoms with van der Waals surface area (Å²) in [4.78, 5) is 2.52. The zero-order valence-corrected chi connectivity index (χ0v) is 13.9. The Kier molecular flexibility index (Phi) is 5.18. The third-order valence-corrected chi connectivity index (χ3v) is 3.76. The Morgan fingerprint density at radius 1 is 1.14 bits per heavy atom. The third-order valence-electron chi connectivity index (χ3n) is 3.76. The van der Waals surface area contributed by atoms with E-state index in [-0.39, 0.29) is 0 Å². The van der Waals surface area contributed by atoms with Gasteiger partial charge in [0.25, 0.3) is 0 Å². The van der Waals surface area contributed by atoms with Crippen LogP contribution in [-0.2, 0) is 20.1 Å². The van der Waals surface area contributed by atoms with Crippen LogP contribution in [0, 0.1) is 19.8 Å². The fourth-order valence-electron chi connectivity index (χ4n) is 2.77. The van der Waals surface area contributed by atoms with Crippen LogP contribution >= 0.6 is 0 Å². The Balaban J connectivity index is 2.15. The van der Waals surface area contributed by atoms with Crippen molar-refractivity contribution in [3.05, 3.63) is 52.8 Å². The lowest BCUT2D eigenvalue weighted by Crippen LogP contribution is -2.28. The Morgan fingerprint density at radius 2 is 1.86 bits per heavy atom. The van der Waals surface area contributed by atoms with E-state index in [0.717, 1.165) is 25.3 Å². The highest BCUT2D eigenvalue weighted by atomic mass is 15.3. The molecule has 0 atom stereocenters. The molecular formula is C18H27N3. The summed E-state index contributed by atoms with van der Waals surface area (Å²) in [6.45, 7) is 11.8. The largest absolute Gasteiger partial charge is 0.293 e. The number of rotatable bonds is 6. The summed E-state index contributed by atoms with van der Waals surface area (Å²) in [5.41, 5.74) is 5.15. The van der Waals surface area contributed by atoms with E-state index in [4.69, 9.17) is 0 Å². The maximum Gasteiger partial charge on any atom is 0.0597 e. The fourth-order valence-corrected chi connectivity index (χ4v) is 2.77. The van der Waals surface area contributed by atoms with Gasteiger partial charge in [-0.25, -0.2) is 0 Å². The molecule has 2 aromatic rings. The Morgan fingerprint density at radius 3 is 2.43 bits per heavy atom. The average molecular weight is 285 g/mol. The highest BCUT2D eigenvalue weighted by Crippen LogP contribution is 2.15. The van der Waals surface area contributed by atoms with Crippen LogP contribution in [-0.4, -0.2) is 21.2 Å². The van der Waals surface area contributed by atoms with Gasteiger partial charge in [0.1, 0.15) is 0 Å². The van der Waals surface area contributed by atoms with Gasteiger partial charge in [-0.15, -0.1) is 0 Å². The molecule has 0 saturated heterocycles. The zero-order chi connectivity index (χ0) is 15.4. The van der Waals surface area contributed by atoms with Crippen LogP contribution in [0.25, 0.3) is 0 Å². The number of aromatic nitrogens is 2. The molecule has 0 radical (unpaired) electrons. The van der Waals surface area contributed by atoms with E-state index in [1.54, 1.807) is 0 Å². The molecule has 2 rings (SSSR count). The summed E-state index contributed by atoms with van der Waals surface area (Å²) in [6.07, 6.45) is 0. The Bertz CT molecular complexity index is 584. The minimum absolute atomic E-state index is 0.656. The van der Waals surface area contributed by atoms with Crippen LogP contribution in [0.5, 0.6) is 0 Å². The van der Waals surface area contributed by atoms with Gasteiger partial charge in [0, 0.05) is 26.7 Å². The van der Waals surface area contributed by atoms with Crippen molar-refractivity contribution in [2.45, 2.75) is 40.8 Å². The molecule has 1 aromatic heterocycles. The Labute approximate surface area is 128 Å². The summed E-state index contributed by atoms with van der Waals surface area (Å²) in [7, 11) is 2.03. The minimum Gasteiger partial charge on any atom is -0.293 e. The summed E-state index contributed by atoms with van der Waals surface area (Å²) < 4.78 is 2.00. The van der Waals surface area contributed by atoms with Crippen LogP contribution in [0.15, 0.2) is 30.3 Å². The molecule has 0 aliphatic rings. The first-order valence-corrected chi connectivity index (χ1v) is 7.72. The predicted molar refractivity (Wildman–Crippen MR) is 88.1 cm³/mol. The number of hydrogen-bond donors (Lipinski definition) is 0. The van der Waals surface area contributed by atoms with Crippen LogP contribution in [0.4, 0.5) is 0 Å². The van der Waals surface area contributed by atoms with Gasteiger partial charge in [-0.05, 0) is 37.0 Å². The SMILES string of the molecule is Cc1cc(CN(Cc2ccccc2C)CC(C)C)n(C)n1. The van der Waals surface area contributed by atoms with Crippen LogP contribution in [0.1, 0.15) is 36.4 Å². The number of aryl methyl sites for hydroxylation is 3. The van der Waals surface area contributed by atoms with Crippen molar-refractivity contribution in [1.29, 1.82) is 0 Å². The second-order valence-electron chi connectivity index (χ2n) is 6.39. The molecule has 0 fully saturated rings. The first-order valence-electron chi connectivity index (χ1n) is 7.72. The highest BCUT2D eigenvalue weighted by molar-refractivity contribution is 5.25. The maximum absolute atomic E-state index is 4.46. The molecule has 0 aliphatic heterocycles. The molecule has 0 spiro atoms. The van der Waals surface area contributed by atoms with Gasteiger partial charge in [0.05, 0.1) is 11.4 Å². The van der Waals surface area contributed by atoms with Gasteiger partial charge in [-0.1, -0.05) is 38.1 Å². The first-order chi connectivity index (χ1) is 9.95. The third kappa shape index (κ3) is 4.43. The minimum atomic E-state index is 0.656. The topological polar surface area (TPSA) is 21.1 Å².